The van der Waals surface area contributed by atoms with Gasteiger partial charge < -0.3 is 9.32 Å². The van der Waals surface area contributed by atoms with E-state index in [1.807, 2.05) is 43.3 Å². The maximum absolute atomic E-state index is 5.71. The van der Waals surface area contributed by atoms with E-state index >= 15 is 0 Å². The molecule has 3 aromatic rings. The summed E-state index contributed by atoms with van der Waals surface area (Å²) >= 11 is 0. The molecule has 1 fully saturated rings. The number of nitrogens with zero attached hydrogens (tertiary/aromatic N) is 3. The zero-order chi connectivity index (χ0) is 15.6. The van der Waals surface area contributed by atoms with Crippen LogP contribution in [0, 0.1) is 6.92 Å². The highest BCUT2D eigenvalue weighted by Crippen LogP contribution is 2.23. The first-order valence-electron chi connectivity index (χ1n) is 8.05. The fourth-order valence-electron chi connectivity index (χ4n) is 3.04. The second-order valence-corrected chi connectivity index (χ2v) is 5.94. The summed E-state index contributed by atoms with van der Waals surface area (Å²) < 4.78 is 5.71. The molecule has 4 rings (SSSR count). The molecule has 1 saturated heterocycles. The fraction of sp³-hybridized carbons (Fsp3) is 0.263. The minimum atomic E-state index is 0.609. The van der Waals surface area contributed by atoms with E-state index in [1.165, 1.54) is 18.5 Å². The van der Waals surface area contributed by atoms with Crippen LogP contribution in [0.15, 0.2) is 40.8 Å². The Hall–Kier alpha value is -2.62. The van der Waals surface area contributed by atoms with Crippen molar-refractivity contribution in [2.24, 2.45) is 0 Å². The molecule has 1 aliphatic rings. The van der Waals surface area contributed by atoms with Crippen molar-refractivity contribution in [3.05, 3.63) is 53.7 Å². The van der Waals surface area contributed by atoms with Gasteiger partial charge in [-0.2, -0.15) is 0 Å². The van der Waals surface area contributed by atoms with Crippen molar-refractivity contribution in [1.29, 1.82) is 0 Å². The van der Waals surface area contributed by atoms with Gasteiger partial charge in [-0.05, 0) is 50.1 Å². The second kappa shape index (κ2) is 5.88. The normalized spacial score (nSPS) is 15.1. The molecule has 116 valence electrons. The molecule has 0 amide bonds. The topological polar surface area (TPSA) is 42.2 Å². The first-order valence-corrected chi connectivity index (χ1v) is 8.05. The Balaban J connectivity index is 1.62. The molecule has 2 aromatic heterocycles. The molecule has 1 aliphatic heterocycles. The molecular weight excluding hydrogens is 286 g/mol. The molecule has 0 unspecified atom stereocenters. The lowest BCUT2D eigenvalue weighted by molar-refractivity contribution is 0.589. The summed E-state index contributed by atoms with van der Waals surface area (Å²) in [6, 6.07) is 12.1. The summed E-state index contributed by atoms with van der Waals surface area (Å²) in [5, 5.41) is 0. The Morgan fingerprint density at radius 2 is 1.87 bits per heavy atom. The van der Waals surface area contributed by atoms with E-state index in [4.69, 9.17) is 4.42 Å². The maximum atomic E-state index is 5.71. The highest BCUT2D eigenvalue weighted by atomic mass is 16.3. The molecule has 0 atom stereocenters. The Kier molecular flexibility index (Phi) is 3.58. The molecule has 4 heteroatoms. The van der Waals surface area contributed by atoms with Crippen molar-refractivity contribution in [2.45, 2.75) is 19.8 Å². The molecule has 0 bridgehead atoms. The number of hydrogen-bond acceptors (Lipinski definition) is 4. The van der Waals surface area contributed by atoms with E-state index in [9.17, 15) is 0 Å². The second-order valence-electron chi connectivity index (χ2n) is 5.94. The molecule has 23 heavy (non-hydrogen) atoms. The first kappa shape index (κ1) is 14.0. The van der Waals surface area contributed by atoms with Crippen molar-refractivity contribution < 1.29 is 4.42 Å². The molecule has 1 aromatic carbocycles. The minimum Gasteiger partial charge on any atom is -0.437 e. The monoisotopic (exact) mass is 305 g/mol. The number of anilines is 1. The number of pyridine rings is 1. The zero-order valence-electron chi connectivity index (χ0n) is 13.2. The Bertz CT molecular complexity index is 827. The average Bonchev–Trinajstić information content (AvgIpc) is 3.21. The average molecular weight is 305 g/mol. The third-order valence-electron chi connectivity index (χ3n) is 4.14. The summed E-state index contributed by atoms with van der Waals surface area (Å²) in [5.41, 5.74) is 4.91. The zero-order valence-corrected chi connectivity index (χ0v) is 13.2. The van der Waals surface area contributed by atoms with Crippen molar-refractivity contribution in [2.75, 3.05) is 18.0 Å². The van der Waals surface area contributed by atoms with Crippen molar-refractivity contribution in [3.8, 4) is 0 Å². The molecule has 0 radical (unpaired) electrons. The van der Waals surface area contributed by atoms with Gasteiger partial charge in [0.25, 0.3) is 0 Å². The molecule has 3 heterocycles. The predicted molar refractivity (Wildman–Crippen MR) is 93.4 cm³/mol. The summed E-state index contributed by atoms with van der Waals surface area (Å²) in [7, 11) is 0. The highest BCUT2D eigenvalue weighted by Gasteiger charge is 2.13. The summed E-state index contributed by atoms with van der Waals surface area (Å²) in [4.78, 5) is 11.5. The van der Waals surface area contributed by atoms with Crippen LogP contribution < -0.4 is 4.90 Å². The molecule has 4 nitrogen and oxygen atoms in total. The van der Waals surface area contributed by atoms with Crippen LogP contribution in [0.3, 0.4) is 0 Å². The standard InChI is InChI=1S/C19H19N3O/c1-14-12-16(22-10-4-5-11-22)13-15(20-14)8-9-19-21-17-6-2-3-7-18(17)23-19/h2-3,6-9,12-13H,4-5,10-11H2,1H3/b9-8+. The number of fused-ring (bicyclic) bond motifs is 1. The van der Waals surface area contributed by atoms with Gasteiger partial charge in [0.15, 0.2) is 5.58 Å². The number of hydrogen-bond donors (Lipinski definition) is 0. The Labute approximate surface area is 135 Å². The lowest BCUT2D eigenvalue weighted by Crippen LogP contribution is -2.17. The van der Waals surface area contributed by atoms with Crippen LogP contribution in [0.5, 0.6) is 0 Å². The highest BCUT2D eigenvalue weighted by molar-refractivity contribution is 5.75. The minimum absolute atomic E-state index is 0.609. The van der Waals surface area contributed by atoms with Crippen LogP contribution in [-0.4, -0.2) is 23.1 Å². The molecular formula is C19H19N3O. The van der Waals surface area contributed by atoms with E-state index in [2.05, 4.69) is 27.0 Å². The number of oxazole rings is 1. The van der Waals surface area contributed by atoms with Crippen molar-refractivity contribution in [1.82, 2.24) is 9.97 Å². The fourth-order valence-corrected chi connectivity index (χ4v) is 3.04. The van der Waals surface area contributed by atoms with E-state index < -0.39 is 0 Å². The number of aryl methyl sites for hydroxylation is 1. The number of para-hydroxylation sites is 2. The van der Waals surface area contributed by atoms with Crippen LogP contribution in [-0.2, 0) is 0 Å². The smallest absolute Gasteiger partial charge is 0.220 e. The number of benzene rings is 1. The lowest BCUT2D eigenvalue weighted by atomic mass is 10.2. The van der Waals surface area contributed by atoms with Crippen LogP contribution in [0.1, 0.15) is 30.1 Å². The van der Waals surface area contributed by atoms with Crippen molar-refractivity contribution in [3.63, 3.8) is 0 Å². The number of rotatable bonds is 3. The summed E-state index contributed by atoms with van der Waals surface area (Å²) in [6.45, 7) is 4.31. The van der Waals surface area contributed by atoms with Gasteiger partial charge >= 0.3 is 0 Å². The largest absolute Gasteiger partial charge is 0.437 e. The summed E-state index contributed by atoms with van der Waals surface area (Å²) in [6.07, 6.45) is 6.40. The van der Waals surface area contributed by atoms with Crippen molar-refractivity contribution >= 4 is 28.9 Å². The third kappa shape index (κ3) is 2.97. The molecule has 0 N–H and O–H groups in total. The van der Waals surface area contributed by atoms with E-state index in [0.29, 0.717) is 5.89 Å². The van der Waals surface area contributed by atoms with E-state index in [-0.39, 0.29) is 0 Å². The first-order chi connectivity index (χ1) is 11.3. The van der Waals surface area contributed by atoms with Gasteiger partial charge in [0.2, 0.25) is 5.89 Å². The van der Waals surface area contributed by atoms with Gasteiger partial charge in [0.05, 0.1) is 5.69 Å². The van der Waals surface area contributed by atoms with Gasteiger partial charge in [-0.3, -0.25) is 4.98 Å². The third-order valence-corrected chi connectivity index (χ3v) is 4.14. The summed E-state index contributed by atoms with van der Waals surface area (Å²) in [5.74, 6) is 0.609. The van der Waals surface area contributed by atoms with Crippen LogP contribution in [0.4, 0.5) is 5.69 Å². The molecule has 0 spiro atoms. The lowest BCUT2D eigenvalue weighted by Gasteiger charge is -2.18. The quantitative estimate of drug-likeness (QED) is 0.723. The van der Waals surface area contributed by atoms with Crippen LogP contribution >= 0.6 is 0 Å². The van der Waals surface area contributed by atoms with Gasteiger partial charge in [-0.15, -0.1) is 0 Å². The van der Waals surface area contributed by atoms with Crippen LogP contribution in [0.2, 0.25) is 0 Å². The molecule has 0 saturated carbocycles. The predicted octanol–water partition coefficient (Wildman–Crippen LogP) is 4.30. The SMILES string of the molecule is Cc1cc(N2CCCC2)cc(/C=C/c2nc3ccccc3o2)n1. The Morgan fingerprint density at radius 3 is 2.70 bits per heavy atom. The van der Waals surface area contributed by atoms with E-state index in [0.717, 1.165) is 35.6 Å². The van der Waals surface area contributed by atoms with Gasteiger partial charge in [-0.1, -0.05) is 12.1 Å². The molecule has 0 aliphatic carbocycles. The van der Waals surface area contributed by atoms with Gasteiger partial charge in [0, 0.05) is 30.5 Å². The van der Waals surface area contributed by atoms with E-state index in [1.54, 1.807) is 0 Å². The van der Waals surface area contributed by atoms with Gasteiger partial charge in [-0.25, -0.2) is 4.98 Å². The maximum Gasteiger partial charge on any atom is 0.220 e. The van der Waals surface area contributed by atoms with Crippen LogP contribution in [0.25, 0.3) is 23.3 Å². The number of aromatic nitrogens is 2. The van der Waals surface area contributed by atoms with Gasteiger partial charge in [0.1, 0.15) is 5.52 Å². The Morgan fingerprint density at radius 1 is 1.04 bits per heavy atom.